The third-order valence-electron chi connectivity index (χ3n) is 7.01. The summed E-state index contributed by atoms with van der Waals surface area (Å²) in [5.74, 6) is -2.98. The van der Waals surface area contributed by atoms with E-state index >= 15 is 0 Å². The van der Waals surface area contributed by atoms with Crippen molar-refractivity contribution in [1.29, 1.82) is 0 Å². The Morgan fingerprint density at radius 2 is 2.00 bits per heavy atom. The Balaban J connectivity index is 2.50. The molecule has 1 aliphatic heterocycles. The smallest absolute Gasteiger partial charge is 0.412 e. The van der Waals surface area contributed by atoms with E-state index in [0.717, 1.165) is 6.08 Å². The maximum atomic E-state index is 13.8. The number of carbonyl (C=O) groups excluding carboxylic acids is 2. The molecular formula is C27H35F3N4O5S. The van der Waals surface area contributed by atoms with Gasteiger partial charge in [-0.25, -0.2) is 4.98 Å². The topological polar surface area (TPSA) is 145 Å². The number of thiazole rings is 1. The maximum Gasteiger partial charge on any atom is 0.412 e. The molecule has 5 atom stereocenters. The summed E-state index contributed by atoms with van der Waals surface area (Å²) in [6.45, 7) is 7.63. The van der Waals surface area contributed by atoms with Gasteiger partial charge in [0.25, 0.3) is 0 Å². The summed E-state index contributed by atoms with van der Waals surface area (Å²) in [6, 6.07) is 0. The number of carbonyl (C=O) groups is 2. The van der Waals surface area contributed by atoms with Gasteiger partial charge in [-0.1, -0.05) is 51.0 Å². The molecule has 40 heavy (non-hydrogen) atoms. The largest absolute Gasteiger partial charge is 0.457 e. The summed E-state index contributed by atoms with van der Waals surface area (Å²) >= 11 is 1.23. The van der Waals surface area contributed by atoms with Gasteiger partial charge >= 0.3 is 12.1 Å². The Kier molecular flexibility index (Phi) is 11.7. The number of alkyl halides is 3. The third-order valence-corrected chi connectivity index (χ3v) is 7.86. The van der Waals surface area contributed by atoms with Gasteiger partial charge in [0.2, 0.25) is 0 Å². The summed E-state index contributed by atoms with van der Waals surface area (Å²) in [7, 11) is 0. The van der Waals surface area contributed by atoms with Crippen molar-refractivity contribution in [3.05, 3.63) is 55.9 Å². The predicted molar refractivity (Wildman–Crippen MR) is 145 cm³/mol. The fourth-order valence-corrected chi connectivity index (χ4v) is 4.95. The minimum absolute atomic E-state index is 0.0400. The highest BCUT2D eigenvalue weighted by Crippen LogP contribution is 2.33. The number of azide groups is 1. The monoisotopic (exact) mass is 584 g/mol. The van der Waals surface area contributed by atoms with E-state index in [1.165, 1.54) is 44.3 Å². The van der Waals surface area contributed by atoms with Crippen molar-refractivity contribution < 1.29 is 37.7 Å². The van der Waals surface area contributed by atoms with Crippen LogP contribution in [0.15, 0.2) is 39.9 Å². The van der Waals surface area contributed by atoms with Crippen LogP contribution in [0.2, 0.25) is 0 Å². The number of aliphatic hydroxyl groups is 2. The van der Waals surface area contributed by atoms with Crippen LogP contribution in [-0.2, 0) is 20.9 Å². The summed E-state index contributed by atoms with van der Waals surface area (Å²) in [4.78, 5) is 33.0. The lowest BCUT2D eigenvalue weighted by molar-refractivity contribution is -0.154. The van der Waals surface area contributed by atoms with Gasteiger partial charge in [0.05, 0.1) is 41.3 Å². The lowest BCUT2D eigenvalue weighted by Gasteiger charge is -2.34. The number of aromatic nitrogens is 1. The quantitative estimate of drug-likeness (QED) is 0.144. The van der Waals surface area contributed by atoms with Gasteiger partial charge in [-0.05, 0) is 30.5 Å². The Morgan fingerprint density at radius 3 is 2.62 bits per heavy atom. The number of halogens is 3. The lowest BCUT2D eigenvalue weighted by atomic mass is 9.73. The Morgan fingerprint density at radius 1 is 1.32 bits per heavy atom. The van der Waals surface area contributed by atoms with Gasteiger partial charge in [-0.15, -0.1) is 11.3 Å². The Bertz CT molecular complexity index is 1200. The van der Waals surface area contributed by atoms with E-state index in [0.29, 0.717) is 16.3 Å². The average molecular weight is 585 g/mol. The zero-order valence-corrected chi connectivity index (χ0v) is 23.9. The van der Waals surface area contributed by atoms with E-state index in [1.807, 2.05) is 0 Å². The minimum Gasteiger partial charge on any atom is -0.457 e. The number of hydrogen-bond acceptors (Lipinski definition) is 8. The normalized spacial score (nSPS) is 29.6. The zero-order valence-electron chi connectivity index (χ0n) is 23.1. The molecule has 1 aromatic heterocycles. The fraction of sp³-hybridized carbons (Fsp3) is 0.593. The van der Waals surface area contributed by atoms with E-state index in [2.05, 4.69) is 15.0 Å². The summed E-state index contributed by atoms with van der Waals surface area (Å²) < 4.78 is 47.0. The van der Waals surface area contributed by atoms with Crippen molar-refractivity contribution in [2.75, 3.05) is 0 Å². The molecule has 0 spiro atoms. The van der Waals surface area contributed by atoms with Crippen LogP contribution in [0.5, 0.6) is 0 Å². The van der Waals surface area contributed by atoms with Gasteiger partial charge < -0.3 is 14.9 Å². The molecule has 0 radical (unpaired) electrons. The molecule has 2 N–H and O–H groups in total. The van der Waals surface area contributed by atoms with E-state index in [-0.39, 0.29) is 13.0 Å². The zero-order chi connectivity index (χ0) is 30.3. The molecule has 1 unspecified atom stereocenters. The van der Waals surface area contributed by atoms with Gasteiger partial charge in [-0.2, -0.15) is 13.2 Å². The maximum absolute atomic E-state index is 13.8. The van der Waals surface area contributed by atoms with Gasteiger partial charge in [0, 0.05) is 34.1 Å². The number of ether oxygens (including phenoxy) is 1. The molecule has 220 valence electrons. The van der Waals surface area contributed by atoms with Gasteiger partial charge in [0.15, 0.2) is 0 Å². The van der Waals surface area contributed by atoms with Crippen molar-refractivity contribution in [3.63, 3.8) is 0 Å². The van der Waals surface area contributed by atoms with Crippen LogP contribution in [-0.4, -0.2) is 51.4 Å². The van der Waals surface area contributed by atoms with Crippen LogP contribution in [0.1, 0.15) is 64.6 Å². The molecule has 1 aliphatic rings. The number of cyclic esters (lactones) is 1. The number of nitrogens with zero attached hydrogens (tertiary/aromatic N) is 4. The van der Waals surface area contributed by atoms with Crippen molar-refractivity contribution in [3.8, 4) is 0 Å². The number of rotatable bonds is 4. The van der Waals surface area contributed by atoms with Crippen molar-refractivity contribution in [2.45, 2.75) is 84.9 Å². The Labute approximate surface area is 235 Å². The van der Waals surface area contributed by atoms with Gasteiger partial charge in [0.1, 0.15) is 11.9 Å². The number of ketones is 1. The van der Waals surface area contributed by atoms with E-state index in [4.69, 9.17) is 10.3 Å². The first-order valence-electron chi connectivity index (χ1n) is 12.7. The fourth-order valence-electron chi connectivity index (χ4n) is 4.28. The number of hydrogen-bond donors (Lipinski definition) is 2. The number of Topliss-reactive ketones (excluding diaryl/α,β-unsaturated/α-hetero) is 1. The number of esters is 1. The summed E-state index contributed by atoms with van der Waals surface area (Å²) in [5, 5.41) is 27.1. The van der Waals surface area contributed by atoms with Crippen LogP contribution >= 0.6 is 11.3 Å². The summed E-state index contributed by atoms with van der Waals surface area (Å²) in [6.07, 6.45) is -4.56. The molecule has 0 aliphatic carbocycles. The van der Waals surface area contributed by atoms with E-state index < -0.39 is 71.9 Å². The number of allylic oxidation sites excluding steroid dienone is 2. The van der Waals surface area contributed by atoms with Crippen LogP contribution in [0.3, 0.4) is 0 Å². The molecule has 0 saturated heterocycles. The average Bonchev–Trinajstić information content (AvgIpc) is 3.32. The molecule has 13 heteroatoms. The van der Waals surface area contributed by atoms with Crippen molar-refractivity contribution >= 4 is 29.2 Å². The molecule has 0 aromatic carbocycles. The first-order valence-corrected chi connectivity index (χ1v) is 13.6. The predicted octanol–water partition coefficient (Wildman–Crippen LogP) is 6.09. The SMILES string of the molecule is C/C(=C\c1csc(CN=[N+]=[N-])n1)C1C/C=C(/C(F)(F)F)C/C=C/[C@H](C)[C@H](O)[C@@H](C)C(=O)C(C)(C)[C@@H](O)CC(=O)O1. The third kappa shape index (κ3) is 9.02. The van der Waals surface area contributed by atoms with E-state index in [1.54, 1.807) is 25.3 Å². The molecule has 9 nitrogen and oxygen atoms in total. The van der Waals surface area contributed by atoms with Crippen molar-refractivity contribution in [1.82, 2.24) is 4.98 Å². The molecule has 1 aromatic rings. The lowest BCUT2D eigenvalue weighted by Crippen LogP contribution is -2.45. The summed E-state index contributed by atoms with van der Waals surface area (Å²) in [5.41, 5.74) is 7.07. The van der Waals surface area contributed by atoms with Gasteiger partial charge in [-0.3, -0.25) is 9.59 Å². The molecule has 2 heterocycles. The molecule has 0 bridgehead atoms. The Hall–Kier alpha value is -2.99. The van der Waals surface area contributed by atoms with Crippen LogP contribution in [0, 0.1) is 17.3 Å². The van der Waals surface area contributed by atoms with E-state index in [9.17, 15) is 33.0 Å². The molecule has 2 rings (SSSR count). The highest BCUT2D eigenvalue weighted by Gasteiger charge is 2.42. The minimum atomic E-state index is -4.65. The molecule has 0 fully saturated rings. The first-order chi connectivity index (χ1) is 18.6. The molecule has 0 amide bonds. The van der Waals surface area contributed by atoms with Crippen LogP contribution < -0.4 is 0 Å². The van der Waals surface area contributed by atoms with Crippen LogP contribution in [0.4, 0.5) is 13.2 Å². The second kappa shape index (κ2) is 14.1. The number of aliphatic hydroxyl groups excluding tert-OH is 2. The van der Waals surface area contributed by atoms with Crippen LogP contribution in [0.25, 0.3) is 16.5 Å². The molecular weight excluding hydrogens is 549 g/mol. The second-order valence-corrected chi connectivity index (χ2v) is 11.4. The standard InChI is InChI=1S/C27H35F3N4O5S/c1-15-7-6-8-18(27(28,29)30)9-10-20(16(2)11-19-14-40-22(33-19)13-32-34-31)39-23(36)12-21(35)26(4,5)25(38)17(3)24(15)37/h6-7,9,11,14-15,17,20-21,24,35,37H,8,10,12-13H2,1-5H3/b7-6+,16-11+,18-9+/t15-,17+,20?,21-,24-/m0/s1. The highest BCUT2D eigenvalue weighted by atomic mass is 32.1. The first kappa shape index (κ1) is 33.2. The molecule has 0 saturated carbocycles. The second-order valence-electron chi connectivity index (χ2n) is 10.5. The highest BCUT2D eigenvalue weighted by molar-refractivity contribution is 7.09. The van der Waals surface area contributed by atoms with Crippen molar-refractivity contribution in [2.24, 2.45) is 22.4 Å².